The van der Waals surface area contributed by atoms with Crippen molar-refractivity contribution < 1.29 is 41.1 Å². The minimum absolute atomic E-state index is 0.0341. The van der Waals surface area contributed by atoms with Crippen LogP contribution < -0.4 is 14.8 Å². The first-order chi connectivity index (χ1) is 20.1. The Kier molecular flexibility index (Phi) is 15.7. The molecule has 1 atom stereocenters. The second-order valence-electron chi connectivity index (χ2n) is 9.58. The fourth-order valence-electron chi connectivity index (χ4n) is 3.95. The number of pyridine rings is 1. The van der Waals surface area contributed by atoms with E-state index in [1.165, 1.54) is 24.1 Å². The van der Waals surface area contributed by atoms with E-state index < -0.39 is 26.4 Å². The molecule has 0 aliphatic heterocycles. The van der Waals surface area contributed by atoms with Gasteiger partial charge in [-0.15, -0.1) is 0 Å². The third-order valence-corrected chi connectivity index (χ3v) is 7.70. The van der Waals surface area contributed by atoms with E-state index in [9.17, 15) is 22.5 Å². The smallest absolute Gasteiger partial charge is 0.422 e. The van der Waals surface area contributed by atoms with E-state index in [2.05, 4.69) is 17.2 Å². The number of alkyl halides is 3. The molecule has 0 aliphatic rings. The lowest BCUT2D eigenvalue weighted by atomic mass is 10.1. The Morgan fingerprint density at radius 3 is 2.31 bits per heavy atom. The number of carbonyl (C=O) groups is 1. The van der Waals surface area contributed by atoms with Gasteiger partial charge < -0.3 is 23.8 Å². The summed E-state index contributed by atoms with van der Waals surface area (Å²) in [6.07, 6.45) is 4.60. The maximum absolute atomic E-state index is 12.9. The van der Waals surface area contributed by atoms with Crippen LogP contribution >= 0.6 is 7.60 Å². The van der Waals surface area contributed by atoms with Crippen LogP contribution in [0.2, 0.25) is 0 Å². The highest BCUT2D eigenvalue weighted by Crippen LogP contribution is 2.49. The van der Waals surface area contributed by atoms with Crippen molar-refractivity contribution in [3.8, 4) is 11.5 Å². The van der Waals surface area contributed by atoms with E-state index in [0.29, 0.717) is 24.3 Å². The fourth-order valence-corrected chi connectivity index (χ4v) is 5.34. The van der Waals surface area contributed by atoms with Crippen LogP contribution in [0.1, 0.15) is 70.6 Å². The second-order valence-corrected chi connectivity index (χ2v) is 11.5. The highest BCUT2D eigenvalue weighted by molar-refractivity contribution is 7.57. The molecule has 1 aromatic heterocycles. The zero-order chi connectivity index (χ0) is 30.8. The summed E-state index contributed by atoms with van der Waals surface area (Å²) < 4.78 is 71.4. The van der Waals surface area contributed by atoms with Gasteiger partial charge >= 0.3 is 13.8 Å². The molecule has 2 aromatic rings. The summed E-state index contributed by atoms with van der Waals surface area (Å²) in [6, 6.07) is 9.48. The van der Waals surface area contributed by atoms with E-state index in [4.69, 9.17) is 18.5 Å². The molecule has 0 saturated carbocycles. The predicted octanol–water partition coefficient (Wildman–Crippen LogP) is 7.77. The molecule has 2 rings (SSSR count). The SMILES string of the molecule is CCCCCCCC(=O)N[C@@H](C=CP(=O)(OCC)OCC)Cc1ccc(OCc2cc(OCC(F)(F)F)ccn2)cc1. The average Bonchev–Trinajstić information content (AvgIpc) is 2.94. The fraction of sp³-hybridized carbons (Fsp3) is 0.533. The molecule has 8 nitrogen and oxygen atoms in total. The number of ether oxygens (including phenoxy) is 2. The second kappa shape index (κ2) is 18.6. The van der Waals surface area contributed by atoms with Gasteiger partial charge in [0.15, 0.2) is 6.61 Å². The largest absolute Gasteiger partial charge is 0.487 e. The lowest BCUT2D eigenvalue weighted by molar-refractivity contribution is -0.153. The number of rotatable bonds is 20. The molecule has 1 aromatic carbocycles. The first-order valence-corrected chi connectivity index (χ1v) is 15.9. The van der Waals surface area contributed by atoms with Crippen LogP contribution in [0.5, 0.6) is 11.5 Å². The van der Waals surface area contributed by atoms with Crippen LogP contribution in [0.4, 0.5) is 13.2 Å². The molecule has 1 heterocycles. The maximum atomic E-state index is 12.9. The predicted molar refractivity (Wildman–Crippen MR) is 156 cm³/mol. The topological polar surface area (TPSA) is 96.0 Å². The number of nitrogens with zero attached hydrogens (tertiary/aromatic N) is 1. The van der Waals surface area contributed by atoms with E-state index in [0.717, 1.165) is 37.7 Å². The van der Waals surface area contributed by atoms with Crippen LogP contribution in [0.3, 0.4) is 0 Å². The molecule has 42 heavy (non-hydrogen) atoms. The van der Waals surface area contributed by atoms with Crippen molar-refractivity contribution in [2.24, 2.45) is 0 Å². The highest BCUT2D eigenvalue weighted by Gasteiger charge is 2.28. The third-order valence-electron chi connectivity index (χ3n) is 5.93. The zero-order valence-corrected chi connectivity index (χ0v) is 25.4. The van der Waals surface area contributed by atoms with Gasteiger partial charge in [0.25, 0.3) is 0 Å². The molecule has 0 aliphatic carbocycles. The van der Waals surface area contributed by atoms with Crippen molar-refractivity contribution in [3.05, 3.63) is 65.7 Å². The third kappa shape index (κ3) is 14.8. The lowest BCUT2D eigenvalue weighted by Gasteiger charge is -2.18. The molecule has 234 valence electrons. The molecule has 0 saturated heterocycles. The van der Waals surface area contributed by atoms with Crippen molar-refractivity contribution in [3.63, 3.8) is 0 Å². The monoisotopic (exact) mass is 614 g/mol. The molecule has 1 N–H and O–H groups in total. The zero-order valence-electron chi connectivity index (χ0n) is 24.5. The van der Waals surface area contributed by atoms with Crippen molar-refractivity contribution in [2.75, 3.05) is 19.8 Å². The van der Waals surface area contributed by atoms with Crippen molar-refractivity contribution in [2.45, 2.75) is 84.5 Å². The normalized spacial score (nSPS) is 12.8. The summed E-state index contributed by atoms with van der Waals surface area (Å²) in [5, 5.41) is 3.02. The maximum Gasteiger partial charge on any atom is 0.422 e. The van der Waals surface area contributed by atoms with Crippen LogP contribution in [-0.2, 0) is 31.4 Å². The van der Waals surface area contributed by atoms with Crippen LogP contribution in [0.25, 0.3) is 0 Å². The Labute approximate surface area is 246 Å². The number of amides is 1. The van der Waals surface area contributed by atoms with Gasteiger partial charge in [-0.3, -0.25) is 14.3 Å². The summed E-state index contributed by atoms with van der Waals surface area (Å²) in [6.45, 7) is 4.69. The van der Waals surface area contributed by atoms with E-state index >= 15 is 0 Å². The van der Waals surface area contributed by atoms with Gasteiger partial charge in [-0.05, 0) is 50.5 Å². The van der Waals surface area contributed by atoms with Gasteiger partial charge in [0, 0.05) is 24.5 Å². The van der Waals surface area contributed by atoms with Crippen LogP contribution in [0, 0.1) is 0 Å². The number of aromatic nitrogens is 1. The Bertz CT molecular complexity index is 1130. The first-order valence-electron chi connectivity index (χ1n) is 14.3. The summed E-state index contributed by atoms with van der Waals surface area (Å²) in [7, 11) is -3.44. The summed E-state index contributed by atoms with van der Waals surface area (Å²) >= 11 is 0. The minimum Gasteiger partial charge on any atom is -0.487 e. The van der Waals surface area contributed by atoms with Crippen molar-refractivity contribution >= 4 is 13.5 Å². The van der Waals surface area contributed by atoms with Gasteiger partial charge in [-0.1, -0.05) is 50.8 Å². The Morgan fingerprint density at radius 1 is 0.976 bits per heavy atom. The number of carbonyl (C=O) groups excluding carboxylic acids is 1. The number of benzene rings is 1. The summed E-state index contributed by atoms with van der Waals surface area (Å²) in [5.41, 5.74) is 1.30. The molecule has 0 radical (unpaired) electrons. The number of unbranched alkanes of at least 4 members (excludes halogenated alkanes) is 4. The quantitative estimate of drug-likeness (QED) is 0.120. The van der Waals surface area contributed by atoms with Gasteiger partial charge in [-0.2, -0.15) is 13.2 Å². The molecule has 1 amide bonds. The summed E-state index contributed by atoms with van der Waals surface area (Å²) in [4.78, 5) is 16.8. The molecule has 0 unspecified atom stereocenters. The summed E-state index contributed by atoms with van der Waals surface area (Å²) in [5.74, 6) is 1.90. The van der Waals surface area contributed by atoms with E-state index in [-0.39, 0.29) is 31.5 Å². The van der Waals surface area contributed by atoms with Crippen molar-refractivity contribution in [1.29, 1.82) is 0 Å². The Hall–Kier alpha value is -2.88. The number of hydrogen-bond acceptors (Lipinski definition) is 7. The van der Waals surface area contributed by atoms with Crippen LogP contribution in [0.15, 0.2) is 54.5 Å². The van der Waals surface area contributed by atoms with Gasteiger partial charge in [-0.25, -0.2) is 0 Å². The molecule has 12 heteroatoms. The number of nitrogens with one attached hydrogen (secondary N) is 1. The van der Waals surface area contributed by atoms with Gasteiger partial charge in [0.2, 0.25) is 5.91 Å². The van der Waals surface area contributed by atoms with Crippen molar-refractivity contribution in [1.82, 2.24) is 10.3 Å². The van der Waals surface area contributed by atoms with E-state index in [1.807, 2.05) is 12.1 Å². The van der Waals surface area contributed by atoms with Crippen LogP contribution in [-0.4, -0.2) is 42.9 Å². The first kappa shape index (κ1) is 35.3. The molecule has 0 spiro atoms. The standard InChI is InChI=1S/C30H42F3N2O6P/c1-4-7-8-9-10-11-29(36)35-25(17-19-42(37,40-5-2)41-6-3)20-24-12-14-27(15-13-24)38-22-26-21-28(16-18-34-26)39-23-30(31,32)33/h12-19,21,25H,4-11,20,22-23H2,1-3H3,(H,35,36)/t25-/m0/s1. The molecular formula is C30H42F3N2O6P. The van der Waals surface area contributed by atoms with Gasteiger partial charge in [0.05, 0.1) is 24.9 Å². The van der Waals surface area contributed by atoms with Gasteiger partial charge in [0.1, 0.15) is 18.1 Å². The minimum atomic E-state index is -4.43. The lowest BCUT2D eigenvalue weighted by Crippen LogP contribution is -2.34. The Balaban J connectivity index is 2.03. The average molecular weight is 615 g/mol. The molecule has 0 bridgehead atoms. The Morgan fingerprint density at radius 2 is 1.67 bits per heavy atom. The molecular weight excluding hydrogens is 572 g/mol. The molecule has 0 fully saturated rings. The van der Waals surface area contributed by atoms with E-state index in [1.54, 1.807) is 32.1 Å². The number of hydrogen-bond donors (Lipinski definition) is 1. The highest BCUT2D eigenvalue weighted by atomic mass is 31.2. The number of halogens is 3.